The van der Waals surface area contributed by atoms with Crippen LogP contribution in [0.1, 0.15) is 17.9 Å². The van der Waals surface area contributed by atoms with E-state index in [0.717, 1.165) is 66.4 Å². The van der Waals surface area contributed by atoms with E-state index in [1.807, 2.05) is 37.2 Å². The molecular weight excluding hydrogens is 350 g/mol. The molecule has 3 heterocycles. The van der Waals surface area contributed by atoms with Crippen LogP contribution >= 0.6 is 0 Å². The van der Waals surface area contributed by atoms with Crippen molar-refractivity contribution in [3.05, 3.63) is 54.0 Å². The number of aliphatic hydroxyl groups excluding tert-OH is 1. The molecule has 0 spiro atoms. The van der Waals surface area contributed by atoms with Gasteiger partial charge in [0.1, 0.15) is 17.5 Å². The number of hydrogen-bond acceptors (Lipinski definition) is 6. The summed E-state index contributed by atoms with van der Waals surface area (Å²) in [5.74, 6) is 3.16. The minimum Gasteiger partial charge on any atom is -0.396 e. The van der Waals surface area contributed by atoms with Crippen LogP contribution in [0, 0.1) is 5.92 Å². The highest BCUT2D eigenvalue weighted by molar-refractivity contribution is 5.89. The molecule has 6 nitrogen and oxygen atoms in total. The molecule has 6 heteroatoms. The number of para-hydroxylation sites is 1. The summed E-state index contributed by atoms with van der Waals surface area (Å²) in [6, 6.07) is 14.3. The van der Waals surface area contributed by atoms with Crippen LogP contribution in [0.15, 0.2) is 42.5 Å². The maximum Gasteiger partial charge on any atom is 0.139 e. The first-order chi connectivity index (χ1) is 13.6. The Balaban J connectivity index is 1.51. The number of nitrogens with zero attached hydrogens (tertiary/aromatic N) is 5. The lowest BCUT2D eigenvalue weighted by molar-refractivity contribution is 0.238. The normalized spacial score (nSPS) is 16.7. The van der Waals surface area contributed by atoms with Crippen LogP contribution < -0.4 is 9.80 Å². The summed E-state index contributed by atoms with van der Waals surface area (Å²) < 4.78 is 0. The largest absolute Gasteiger partial charge is 0.396 e. The molecule has 3 aromatic rings. The quantitative estimate of drug-likeness (QED) is 0.713. The minimum absolute atomic E-state index is 0.254. The van der Waals surface area contributed by atoms with Crippen LogP contribution in [-0.4, -0.2) is 53.9 Å². The van der Waals surface area contributed by atoms with Gasteiger partial charge in [0.25, 0.3) is 0 Å². The van der Waals surface area contributed by atoms with Gasteiger partial charge in [0, 0.05) is 57.2 Å². The zero-order valence-electron chi connectivity index (χ0n) is 16.5. The molecule has 1 fully saturated rings. The van der Waals surface area contributed by atoms with E-state index in [1.165, 1.54) is 0 Å². The SMILES string of the molecule is CN(C)c1nc(CCc2cccc(N3CCC(CO)C3)n2)nc2ccccc12. The van der Waals surface area contributed by atoms with Gasteiger partial charge in [0.05, 0.1) is 5.52 Å². The average molecular weight is 377 g/mol. The van der Waals surface area contributed by atoms with Crippen LogP contribution in [0.5, 0.6) is 0 Å². The molecule has 1 atom stereocenters. The Kier molecular flexibility index (Phi) is 5.39. The molecule has 0 amide bonds. The molecule has 1 unspecified atom stereocenters. The lowest BCUT2D eigenvalue weighted by Gasteiger charge is -2.18. The zero-order chi connectivity index (χ0) is 19.5. The van der Waals surface area contributed by atoms with Crippen molar-refractivity contribution in [3.8, 4) is 0 Å². The monoisotopic (exact) mass is 377 g/mol. The van der Waals surface area contributed by atoms with Gasteiger partial charge in [-0.2, -0.15) is 0 Å². The molecule has 4 rings (SSSR count). The fourth-order valence-electron chi connectivity index (χ4n) is 3.77. The van der Waals surface area contributed by atoms with E-state index >= 15 is 0 Å². The zero-order valence-corrected chi connectivity index (χ0v) is 16.5. The third-order valence-corrected chi connectivity index (χ3v) is 5.32. The van der Waals surface area contributed by atoms with Gasteiger partial charge in [-0.3, -0.25) is 0 Å². The number of aryl methyl sites for hydroxylation is 2. The van der Waals surface area contributed by atoms with Crippen molar-refractivity contribution in [1.29, 1.82) is 0 Å². The van der Waals surface area contributed by atoms with Crippen LogP contribution in [-0.2, 0) is 12.8 Å². The van der Waals surface area contributed by atoms with Gasteiger partial charge >= 0.3 is 0 Å². The summed E-state index contributed by atoms with van der Waals surface area (Å²) in [4.78, 5) is 18.7. The Morgan fingerprint density at radius 2 is 1.89 bits per heavy atom. The minimum atomic E-state index is 0.254. The highest BCUT2D eigenvalue weighted by Gasteiger charge is 2.22. The molecule has 146 valence electrons. The molecule has 28 heavy (non-hydrogen) atoms. The van der Waals surface area contributed by atoms with Crippen molar-refractivity contribution in [3.63, 3.8) is 0 Å². The van der Waals surface area contributed by atoms with E-state index in [1.54, 1.807) is 0 Å². The molecule has 0 radical (unpaired) electrons. The summed E-state index contributed by atoms with van der Waals surface area (Å²) >= 11 is 0. The molecule has 1 N–H and O–H groups in total. The molecule has 0 aliphatic carbocycles. The summed E-state index contributed by atoms with van der Waals surface area (Å²) in [5.41, 5.74) is 2.03. The summed E-state index contributed by atoms with van der Waals surface area (Å²) in [6.07, 6.45) is 2.58. The average Bonchev–Trinajstić information content (AvgIpc) is 3.21. The fourth-order valence-corrected chi connectivity index (χ4v) is 3.77. The Labute approximate surface area is 165 Å². The second-order valence-corrected chi connectivity index (χ2v) is 7.65. The molecule has 2 aromatic heterocycles. The lowest BCUT2D eigenvalue weighted by atomic mass is 10.1. The number of fused-ring (bicyclic) bond motifs is 1. The summed E-state index contributed by atoms with van der Waals surface area (Å²) in [6.45, 7) is 2.10. The fraction of sp³-hybridized carbons (Fsp3) is 0.409. The van der Waals surface area contributed by atoms with Crippen molar-refractivity contribution in [2.24, 2.45) is 5.92 Å². The van der Waals surface area contributed by atoms with Gasteiger partial charge in [-0.15, -0.1) is 0 Å². The van der Waals surface area contributed by atoms with E-state index in [9.17, 15) is 5.11 Å². The second-order valence-electron chi connectivity index (χ2n) is 7.65. The maximum atomic E-state index is 9.37. The number of aromatic nitrogens is 3. The third kappa shape index (κ3) is 3.92. The van der Waals surface area contributed by atoms with Crippen molar-refractivity contribution in [2.45, 2.75) is 19.3 Å². The summed E-state index contributed by atoms with van der Waals surface area (Å²) in [5, 5.41) is 10.4. The predicted octanol–water partition coefficient (Wildman–Crippen LogP) is 2.69. The van der Waals surface area contributed by atoms with Gasteiger partial charge in [0.2, 0.25) is 0 Å². The van der Waals surface area contributed by atoms with Crippen LogP contribution in [0.25, 0.3) is 10.9 Å². The van der Waals surface area contributed by atoms with E-state index in [4.69, 9.17) is 15.0 Å². The van der Waals surface area contributed by atoms with Crippen LogP contribution in [0.2, 0.25) is 0 Å². The molecule has 1 aromatic carbocycles. The topological polar surface area (TPSA) is 65.4 Å². The van der Waals surface area contributed by atoms with E-state index in [2.05, 4.69) is 29.2 Å². The standard InChI is InChI=1S/C22H27N5O/c1-26(2)22-18-7-3-4-8-19(18)24-20(25-22)11-10-17-6-5-9-21(23-17)27-13-12-16(14-27)15-28/h3-9,16,28H,10-15H2,1-2H3. The molecule has 1 aliphatic rings. The number of pyridine rings is 1. The second kappa shape index (κ2) is 8.10. The smallest absolute Gasteiger partial charge is 0.139 e. The Bertz CT molecular complexity index is 959. The Hall–Kier alpha value is -2.73. The highest BCUT2D eigenvalue weighted by atomic mass is 16.3. The van der Waals surface area contributed by atoms with Crippen molar-refractivity contribution < 1.29 is 5.11 Å². The first-order valence-corrected chi connectivity index (χ1v) is 9.89. The first-order valence-electron chi connectivity index (χ1n) is 9.89. The van der Waals surface area contributed by atoms with E-state index in [0.29, 0.717) is 5.92 Å². The van der Waals surface area contributed by atoms with Gasteiger partial charge in [-0.05, 0) is 37.1 Å². The van der Waals surface area contributed by atoms with Crippen molar-refractivity contribution in [1.82, 2.24) is 15.0 Å². The molecule has 1 saturated heterocycles. The lowest BCUT2D eigenvalue weighted by Crippen LogP contribution is -2.22. The van der Waals surface area contributed by atoms with E-state index in [-0.39, 0.29) is 6.61 Å². The molecule has 1 aliphatic heterocycles. The highest BCUT2D eigenvalue weighted by Crippen LogP contribution is 2.24. The number of benzene rings is 1. The predicted molar refractivity (Wildman–Crippen MR) is 113 cm³/mol. The third-order valence-electron chi connectivity index (χ3n) is 5.32. The van der Waals surface area contributed by atoms with Gasteiger partial charge in [-0.1, -0.05) is 18.2 Å². The van der Waals surface area contributed by atoms with Gasteiger partial charge < -0.3 is 14.9 Å². The number of anilines is 2. The van der Waals surface area contributed by atoms with Gasteiger partial charge in [-0.25, -0.2) is 15.0 Å². The van der Waals surface area contributed by atoms with Crippen LogP contribution in [0.4, 0.5) is 11.6 Å². The first kappa shape index (κ1) is 18.6. The van der Waals surface area contributed by atoms with Crippen LogP contribution in [0.3, 0.4) is 0 Å². The number of aliphatic hydroxyl groups is 1. The number of rotatable bonds is 6. The number of hydrogen-bond donors (Lipinski definition) is 1. The Morgan fingerprint density at radius 1 is 1.04 bits per heavy atom. The maximum absolute atomic E-state index is 9.37. The Morgan fingerprint density at radius 3 is 2.68 bits per heavy atom. The summed E-state index contributed by atoms with van der Waals surface area (Å²) in [7, 11) is 4.03. The molecule has 0 bridgehead atoms. The van der Waals surface area contributed by atoms with E-state index < -0.39 is 0 Å². The van der Waals surface area contributed by atoms with Crippen molar-refractivity contribution >= 4 is 22.5 Å². The van der Waals surface area contributed by atoms with Crippen molar-refractivity contribution in [2.75, 3.05) is 43.6 Å². The molecule has 0 saturated carbocycles. The molecular formula is C22H27N5O. The van der Waals surface area contributed by atoms with Gasteiger partial charge in [0.15, 0.2) is 0 Å².